The molecule has 0 bridgehead atoms. The van der Waals surface area contributed by atoms with Crippen LogP contribution in [-0.2, 0) is 14.2 Å². The van der Waals surface area contributed by atoms with Crippen molar-refractivity contribution < 1.29 is 14.2 Å². The molecule has 0 aromatic carbocycles. The van der Waals surface area contributed by atoms with Crippen molar-refractivity contribution in [3.63, 3.8) is 0 Å². The van der Waals surface area contributed by atoms with E-state index in [1.807, 2.05) is 13.8 Å². The average Bonchev–Trinajstić information content (AvgIpc) is 2.25. The van der Waals surface area contributed by atoms with E-state index < -0.39 is 0 Å². The first kappa shape index (κ1) is 15.4. The predicted molar refractivity (Wildman–Crippen MR) is 65.7 cm³/mol. The van der Waals surface area contributed by atoms with E-state index >= 15 is 0 Å². The van der Waals surface area contributed by atoms with Crippen LogP contribution in [0.5, 0.6) is 0 Å². The minimum Gasteiger partial charge on any atom is -0.379 e. The van der Waals surface area contributed by atoms with Crippen LogP contribution in [0.25, 0.3) is 0 Å². The maximum absolute atomic E-state index is 5.54. The molecule has 3 nitrogen and oxygen atoms in total. The lowest BCUT2D eigenvalue weighted by molar-refractivity contribution is -0.0465. The molecule has 0 fully saturated rings. The molecule has 0 aromatic rings. The molecule has 0 aromatic heterocycles. The summed E-state index contributed by atoms with van der Waals surface area (Å²) in [7, 11) is 1.69. The minimum atomic E-state index is 0.145. The number of halogens is 1. The molecular weight excluding hydrogens is 260 g/mol. The molecule has 0 spiro atoms. The first-order chi connectivity index (χ1) is 7.20. The van der Waals surface area contributed by atoms with Crippen LogP contribution >= 0.6 is 15.9 Å². The molecule has 0 aliphatic rings. The highest BCUT2D eigenvalue weighted by Gasteiger charge is 2.05. The van der Waals surface area contributed by atoms with Crippen molar-refractivity contribution in [2.24, 2.45) is 0 Å². The number of rotatable bonds is 10. The van der Waals surface area contributed by atoms with Gasteiger partial charge < -0.3 is 14.2 Å². The molecule has 0 aliphatic heterocycles. The Morgan fingerprint density at radius 1 is 1.07 bits per heavy atom. The Balaban J connectivity index is 3.21. The largest absolute Gasteiger partial charge is 0.379 e. The second kappa shape index (κ2) is 10.9. The van der Waals surface area contributed by atoms with Crippen molar-refractivity contribution in [2.45, 2.75) is 38.9 Å². The summed E-state index contributed by atoms with van der Waals surface area (Å²) < 4.78 is 16.1. The second-order valence-corrected chi connectivity index (χ2v) is 4.45. The molecule has 0 saturated carbocycles. The van der Waals surface area contributed by atoms with Crippen LogP contribution in [0.1, 0.15) is 26.7 Å². The molecule has 2 unspecified atom stereocenters. The molecule has 2 atom stereocenters. The summed E-state index contributed by atoms with van der Waals surface area (Å²) in [5, 5.41) is 1.05. The van der Waals surface area contributed by atoms with Gasteiger partial charge in [0.05, 0.1) is 25.4 Å². The Labute approximate surface area is 102 Å². The van der Waals surface area contributed by atoms with Gasteiger partial charge in [0.15, 0.2) is 0 Å². The van der Waals surface area contributed by atoms with Crippen LogP contribution in [0.2, 0.25) is 0 Å². The molecule has 0 radical (unpaired) electrons. The van der Waals surface area contributed by atoms with E-state index in [2.05, 4.69) is 15.9 Å². The van der Waals surface area contributed by atoms with E-state index in [1.165, 1.54) is 0 Å². The van der Waals surface area contributed by atoms with Gasteiger partial charge in [0.2, 0.25) is 0 Å². The smallest absolute Gasteiger partial charge is 0.0781 e. The van der Waals surface area contributed by atoms with Gasteiger partial charge in [-0.25, -0.2) is 0 Å². The molecule has 0 aliphatic carbocycles. The first-order valence-electron chi connectivity index (χ1n) is 5.48. The van der Waals surface area contributed by atoms with Crippen molar-refractivity contribution in [3.05, 3.63) is 0 Å². The van der Waals surface area contributed by atoms with Crippen molar-refractivity contribution >= 4 is 15.9 Å². The van der Waals surface area contributed by atoms with Gasteiger partial charge in [-0.1, -0.05) is 15.9 Å². The summed E-state index contributed by atoms with van der Waals surface area (Å²) in [6.45, 7) is 6.12. The van der Waals surface area contributed by atoms with Crippen LogP contribution in [0.4, 0.5) is 0 Å². The maximum atomic E-state index is 5.54. The Hall–Kier alpha value is 0.360. The van der Waals surface area contributed by atoms with Crippen LogP contribution < -0.4 is 0 Å². The van der Waals surface area contributed by atoms with Crippen molar-refractivity contribution in [1.82, 2.24) is 0 Å². The second-order valence-electron chi connectivity index (χ2n) is 3.66. The molecule has 0 saturated heterocycles. The van der Waals surface area contributed by atoms with Gasteiger partial charge in [0.25, 0.3) is 0 Å². The highest BCUT2D eigenvalue weighted by atomic mass is 79.9. The number of alkyl halides is 1. The van der Waals surface area contributed by atoms with Gasteiger partial charge in [-0.3, -0.25) is 0 Å². The molecule has 92 valence electrons. The molecule has 0 heterocycles. The fourth-order valence-electron chi connectivity index (χ4n) is 0.964. The van der Waals surface area contributed by atoms with E-state index in [9.17, 15) is 0 Å². The van der Waals surface area contributed by atoms with Gasteiger partial charge >= 0.3 is 0 Å². The molecular formula is C11H23BrO3. The van der Waals surface area contributed by atoms with E-state index in [-0.39, 0.29) is 12.2 Å². The van der Waals surface area contributed by atoms with Gasteiger partial charge in [-0.2, -0.15) is 0 Å². The number of ether oxygens (including phenoxy) is 3. The van der Waals surface area contributed by atoms with Gasteiger partial charge in [-0.15, -0.1) is 0 Å². The van der Waals surface area contributed by atoms with E-state index in [1.54, 1.807) is 7.11 Å². The maximum Gasteiger partial charge on any atom is 0.0781 e. The third-order valence-electron chi connectivity index (χ3n) is 2.04. The van der Waals surface area contributed by atoms with Crippen molar-refractivity contribution in [2.75, 3.05) is 32.3 Å². The average molecular weight is 283 g/mol. The fourth-order valence-corrected chi connectivity index (χ4v) is 1.36. The third-order valence-corrected chi connectivity index (χ3v) is 2.60. The summed E-state index contributed by atoms with van der Waals surface area (Å²) in [5.74, 6) is 0. The normalized spacial score (nSPS) is 15.2. The van der Waals surface area contributed by atoms with Gasteiger partial charge in [-0.05, 0) is 26.7 Å². The lowest BCUT2D eigenvalue weighted by Crippen LogP contribution is -2.22. The molecule has 0 rings (SSSR count). The molecule has 4 heteroatoms. The lowest BCUT2D eigenvalue weighted by Gasteiger charge is -2.16. The zero-order valence-corrected chi connectivity index (χ0v) is 11.6. The number of hydrogen-bond acceptors (Lipinski definition) is 3. The first-order valence-corrected chi connectivity index (χ1v) is 6.61. The van der Waals surface area contributed by atoms with E-state index in [4.69, 9.17) is 14.2 Å². The summed E-state index contributed by atoms with van der Waals surface area (Å²) in [6, 6.07) is 0. The van der Waals surface area contributed by atoms with Crippen LogP contribution in [0, 0.1) is 0 Å². The Morgan fingerprint density at radius 2 is 1.80 bits per heavy atom. The summed E-state index contributed by atoms with van der Waals surface area (Å²) in [5.41, 5.74) is 0. The van der Waals surface area contributed by atoms with Crippen molar-refractivity contribution in [1.29, 1.82) is 0 Å². The lowest BCUT2D eigenvalue weighted by atomic mass is 10.3. The van der Waals surface area contributed by atoms with E-state index in [0.717, 1.165) is 24.8 Å². The molecule has 0 N–H and O–H groups in total. The van der Waals surface area contributed by atoms with E-state index in [0.29, 0.717) is 13.2 Å². The highest BCUT2D eigenvalue weighted by molar-refractivity contribution is 9.09. The topological polar surface area (TPSA) is 27.7 Å². The molecule has 0 amide bonds. The summed E-state index contributed by atoms with van der Waals surface area (Å²) >= 11 is 3.38. The molecule has 15 heavy (non-hydrogen) atoms. The van der Waals surface area contributed by atoms with Crippen molar-refractivity contribution in [3.8, 4) is 0 Å². The number of unbranched alkanes of at least 4 members (excludes halogenated alkanes) is 1. The van der Waals surface area contributed by atoms with Crippen LogP contribution in [-0.4, -0.2) is 44.5 Å². The third kappa shape index (κ3) is 10.6. The number of methoxy groups -OCH3 is 1. The predicted octanol–water partition coefficient (Wildman–Crippen LogP) is 2.62. The standard InChI is InChI=1S/C11H23BrO3/c1-10(13-3)9-15-11(2)8-14-7-5-4-6-12/h10-11H,4-9H2,1-3H3. The zero-order chi connectivity index (χ0) is 11.5. The zero-order valence-electron chi connectivity index (χ0n) is 10.0. The quantitative estimate of drug-likeness (QED) is 0.455. The fraction of sp³-hybridized carbons (Fsp3) is 1.00. The Morgan fingerprint density at radius 3 is 2.40 bits per heavy atom. The number of hydrogen-bond donors (Lipinski definition) is 0. The minimum absolute atomic E-state index is 0.145. The van der Waals surface area contributed by atoms with Crippen LogP contribution in [0.15, 0.2) is 0 Å². The van der Waals surface area contributed by atoms with Gasteiger partial charge in [0.1, 0.15) is 0 Å². The Kier molecular flexibility index (Phi) is 11.1. The summed E-state index contributed by atoms with van der Waals surface area (Å²) in [6.07, 6.45) is 2.56. The Bertz CT molecular complexity index is 133. The van der Waals surface area contributed by atoms with Gasteiger partial charge in [0, 0.05) is 19.0 Å². The highest BCUT2D eigenvalue weighted by Crippen LogP contribution is 1.98. The SMILES string of the molecule is COC(C)COC(C)COCCCCBr. The monoisotopic (exact) mass is 282 g/mol. The van der Waals surface area contributed by atoms with Crippen LogP contribution in [0.3, 0.4) is 0 Å². The summed E-state index contributed by atoms with van der Waals surface area (Å²) in [4.78, 5) is 0.